The Kier molecular flexibility index (Phi) is 7.47. The molecule has 22 heavy (non-hydrogen) atoms. The highest BCUT2D eigenvalue weighted by Gasteiger charge is 2.20. The second kappa shape index (κ2) is 8.30. The van der Waals surface area contributed by atoms with Gasteiger partial charge >= 0.3 is 5.97 Å². The van der Waals surface area contributed by atoms with Gasteiger partial charge in [0.1, 0.15) is 0 Å². The number of esters is 1. The topological polar surface area (TPSA) is 125 Å². The van der Waals surface area contributed by atoms with Gasteiger partial charge in [-0.3, -0.25) is 14.9 Å². The fraction of sp³-hybridized carbons (Fsp3) is 0.385. The smallest absolute Gasteiger partial charge is 0.338 e. The predicted molar refractivity (Wildman–Crippen MR) is 83.1 cm³/mol. The minimum atomic E-state index is -0.727. The Morgan fingerprint density at radius 2 is 1.91 bits per heavy atom. The molecule has 2 atom stereocenters. The van der Waals surface area contributed by atoms with Gasteiger partial charge < -0.3 is 15.8 Å². The van der Waals surface area contributed by atoms with Gasteiger partial charge in [-0.15, -0.1) is 12.4 Å². The average Bonchev–Trinajstić information content (AvgIpc) is 2.44. The Balaban J connectivity index is 0.00000441. The van der Waals surface area contributed by atoms with Crippen molar-refractivity contribution < 1.29 is 19.2 Å². The monoisotopic (exact) mass is 331 g/mol. The number of benzene rings is 1. The molecule has 3 N–H and O–H groups in total. The number of nitrogens with one attached hydrogen (secondary N) is 1. The number of nitro benzene ring substituents is 1. The molecule has 1 amide bonds. The second-order valence-corrected chi connectivity index (χ2v) is 4.65. The third kappa shape index (κ3) is 4.97. The first-order valence-electron chi connectivity index (χ1n) is 6.20. The van der Waals surface area contributed by atoms with Crippen LogP contribution < -0.4 is 11.1 Å². The molecular formula is C13H18ClN3O5. The average molecular weight is 332 g/mol. The summed E-state index contributed by atoms with van der Waals surface area (Å²) in [6.07, 6.45) is 0. The molecule has 0 fully saturated rings. The van der Waals surface area contributed by atoms with Crippen molar-refractivity contribution >= 4 is 35.7 Å². The maximum atomic E-state index is 11.9. The number of carbonyl (C=O) groups excluding carboxylic acids is 2. The molecule has 1 aromatic carbocycles. The zero-order chi connectivity index (χ0) is 16.2. The van der Waals surface area contributed by atoms with Crippen molar-refractivity contribution in [3.8, 4) is 0 Å². The van der Waals surface area contributed by atoms with Crippen molar-refractivity contribution in [2.24, 2.45) is 11.7 Å². The first-order chi connectivity index (χ1) is 9.76. The van der Waals surface area contributed by atoms with Crippen molar-refractivity contribution in [1.29, 1.82) is 0 Å². The van der Waals surface area contributed by atoms with Crippen LogP contribution in [0.25, 0.3) is 0 Å². The summed E-state index contributed by atoms with van der Waals surface area (Å²) in [5.41, 5.74) is 5.43. The molecule has 122 valence electrons. The Labute approximate surface area is 133 Å². The molecule has 0 aromatic heterocycles. The largest absolute Gasteiger partial charge is 0.465 e. The third-order valence-corrected chi connectivity index (χ3v) is 3.02. The highest BCUT2D eigenvalue weighted by atomic mass is 35.5. The van der Waals surface area contributed by atoms with E-state index in [1.807, 2.05) is 0 Å². The van der Waals surface area contributed by atoms with E-state index in [9.17, 15) is 19.7 Å². The molecule has 1 aromatic rings. The number of ether oxygens (including phenoxy) is 1. The normalized spacial score (nSPS) is 12.5. The van der Waals surface area contributed by atoms with Gasteiger partial charge in [0.25, 0.3) is 5.69 Å². The van der Waals surface area contributed by atoms with E-state index < -0.39 is 16.8 Å². The molecule has 0 spiro atoms. The molecule has 1 rings (SSSR count). The van der Waals surface area contributed by atoms with Crippen LogP contribution in [0.2, 0.25) is 0 Å². The van der Waals surface area contributed by atoms with Crippen molar-refractivity contribution in [2.75, 3.05) is 12.4 Å². The molecule has 0 aliphatic carbocycles. The molecule has 2 unspecified atom stereocenters. The highest BCUT2D eigenvalue weighted by Crippen LogP contribution is 2.22. The van der Waals surface area contributed by atoms with E-state index in [4.69, 9.17) is 5.73 Å². The SMILES string of the molecule is COC(=O)c1cc(NC(=O)C(C)C(C)N)cc([N+](=O)[O-])c1.Cl. The minimum Gasteiger partial charge on any atom is -0.465 e. The number of halogens is 1. The van der Waals surface area contributed by atoms with Gasteiger partial charge in [0.2, 0.25) is 5.91 Å². The Bertz CT molecular complexity index is 577. The number of anilines is 1. The van der Waals surface area contributed by atoms with Crippen LogP contribution in [0, 0.1) is 16.0 Å². The number of hydrogen-bond donors (Lipinski definition) is 2. The van der Waals surface area contributed by atoms with E-state index in [1.54, 1.807) is 13.8 Å². The molecule has 0 bridgehead atoms. The number of non-ortho nitro benzene ring substituents is 1. The van der Waals surface area contributed by atoms with Crippen molar-refractivity contribution in [1.82, 2.24) is 0 Å². The summed E-state index contributed by atoms with van der Waals surface area (Å²) in [7, 11) is 1.16. The number of rotatable bonds is 5. The molecule has 0 aliphatic rings. The van der Waals surface area contributed by atoms with Gasteiger partial charge in [-0.05, 0) is 13.0 Å². The number of amides is 1. The fourth-order valence-corrected chi connectivity index (χ4v) is 1.52. The van der Waals surface area contributed by atoms with Crippen LogP contribution in [0.5, 0.6) is 0 Å². The van der Waals surface area contributed by atoms with Crippen molar-refractivity contribution in [3.63, 3.8) is 0 Å². The summed E-state index contributed by atoms with van der Waals surface area (Å²) >= 11 is 0. The molecule has 9 heteroatoms. The molecule has 0 radical (unpaired) electrons. The third-order valence-electron chi connectivity index (χ3n) is 3.02. The lowest BCUT2D eigenvalue weighted by molar-refractivity contribution is -0.384. The molecular weight excluding hydrogens is 314 g/mol. The highest BCUT2D eigenvalue weighted by molar-refractivity contribution is 5.96. The molecule has 0 saturated carbocycles. The van der Waals surface area contributed by atoms with E-state index in [2.05, 4.69) is 10.1 Å². The zero-order valence-electron chi connectivity index (χ0n) is 12.4. The summed E-state index contributed by atoms with van der Waals surface area (Å²) in [6, 6.07) is 3.18. The first kappa shape index (κ1) is 19.8. The van der Waals surface area contributed by atoms with E-state index in [-0.39, 0.29) is 41.3 Å². The van der Waals surface area contributed by atoms with Gasteiger partial charge in [-0.1, -0.05) is 6.92 Å². The Morgan fingerprint density at radius 3 is 2.36 bits per heavy atom. The minimum absolute atomic E-state index is 0. The lowest BCUT2D eigenvalue weighted by Crippen LogP contribution is -2.34. The summed E-state index contributed by atoms with van der Waals surface area (Å²) < 4.78 is 4.52. The Morgan fingerprint density at radius 1 is 1.32 bits per heavy atom. The molecule has 0 saturated heterocycles. The zero-order valence-corrected chi connectivity index (χ0v) is 13.2. The van der Waals surface area contributed by atoms with Crippen molar-refractivity contribution in [3.05, 3.63) is 33.9 Å². The number of nitrogens with zero attached hydrogens (tertiary/aromatic N) is 1. The molecule has 8 nitrogen and oxygen atoms in total. The lowest BCUT2D eigenvalue weighted by atomic mass is 10.0. The van der Waals surface area contributed by atoms with Crippen LogP contribution in [0.15, 0.2) is 18.2 Å². The summed E-state index contributed by atoms with van der Waals surface area (Å²) in [6.45, 7) is 3.32. The number of methoxy groups -OCH3 is 1. The van der Waals surface area contributed by atoms with Gasteiger partial charge in [0.05, 0.1) is 23.5 Å². The van der Waals surface area contributed by atoms with Crippen LogP contribution in [-0.2, 0) is 9.53 Å². The second-order valence-electron chi connectivity index (χ2n) is 4.65. The maximum absolute atomic E-state index is 11.9. The fourth-order valence-electron chi connectivity index (χ4n) is 1.52. The van der Waals surface area contributed by atoms with Crippen LogP contribution in [0.4, 0.5) is 11.4 Å². The van der Waals surface area contributed by atoms with Crippen LogP contribution in [0.1, 0.15) is 24.2 Å². The van der Waals surface area contributed by atoms with E-state index in [0.717, 1.165) is 19.2 Å². The number of hydrogen-bond acceptors (Lipinski definition) is 6. The maximum Gasteiger partial charge on any atom is 0.338 e. The summed E-state index contributed by atoms with van der Waals surface area (Å²) in [5, 5.41) is 13.4. The van der Waals surface area contributed by atoms with E-state index in [1.165, 1.54) is 6.07 Å². The van der Waals surface area contributed by atoms with Gasteiger partial charge in [-0.25, -0.2) is 4.79 Å². The van der Waals surface area contributed by atoms with Crippen LogP contribution in [-0.4, -0.2) is 30.0 Å². The quantitative estimate of drug-likeness (QED) is 0.481. The first-order valence-corrected chi connectivity index (χ1v) is 6.20. The number of nitro groups is 1. The number of nitrogens with two attached hydrogens (primary N) is 1. The van der Waals surface area contributed by atoms with E-state index in [0.29, 0.717) is 0 Å². The standard InChI is InChI=1S/C13H17N3O5.ClH/c1-7(8(2)14)12(17)15-10-4-9(13(18)21-3)5-11(6-10)16(19)20;/h4-8H,14H2,1-3H3,(H,15,17);1H. The number of carbonyl (C=O) groups is 2. The predicted octanol–water partition coefficient (Wildman–Crippen LogP) is 1.72. The molecule has 0 aliphatic heterocycles. The van der Waals surface area contributed by atoms with Gasteiger partial charge in [0, 0.05) is 23.9 Å². The summed E-state index contributed by atoms with van der Waals surface area (Å²) in [4.78, 5) is 33.6. The van der Waals surface area contributed by atoms with Crippen molar-refractivity contribution in [2.45, 2.75) is 19.9 Å². The van der Waals surface area contributed by atoms with E-state index >= 15 is 0 Å². The van der Waals surface area contributed by atoms with Gasteiger partial charge in [0.15, 0.2) is 0 Å². The van der Waals surface area contributed by atoms with Crippen LogP contribution >= 0.6 is 12.4 Å². The molecule has 0 heterocycles. The summed E-state index contributed by atoms with van der Waals surface area (Å²) in [5.74, 6) is -1.60. The van der Waals surface area contributed by atoms with Gasteiger partial charge in [-0.2, -0.15) is 0 Å². The Hall–Kier alpha value is -2.19. The van der Waals surface area contributed by atoms with Crippen LogP contribution in [0.3, 0.4) is 0 Å². The lowest BCUT2D eigenvalue weighted by Gasteiger charge is -2.15.